The molecule has 1 fully saturated rings. The van der Waals surface area contributed by atoms with Gasteiger partial charge in [-0.1, -0.05) is 89.9 Å². The molecule has 0 radical (unpaired) electrons. The van der Waals surface area contributed by atoms with Crippen molar-refractivity contribution in [2.45, 2.75) is 252 Å². The van der Waals surface area contributed by atoms with Crippen LogP contribution in [0.1, 0.15) is 197 Å². The first-order chi connectivity index (χ1) is 30.8. The van der Waals surface area contributed by atoms with Crippen LogP contribution in [-0.2, 0) is 71.5 Å². The molecule has 17 nitrogen and oxygen atoms in total. The van der Waals surface area contributed by atoms with Gasteiger partial charge in [-0.25, -0.2) is 0 Å². The van der Waals surface area contributed by atoms with E-state index < -0.39 is 66.7 Å². The third-order valence-electron chi connectivity index (χ3n) is 11.2. The standard InChI is InChI=1S/C48H82N2O15/c1-32(49-34(3)51)42(60-37(6)54)29-25-22-18-20-24-28-41(58)27-23-19-16-14-12-10-11-13-15-17-21-26-30-43(33(2)50-35(4)52)64-48-47(63-40(9)57)46(62-39(8)56)45(61-38(7)55)44(65-48)31-59-36(5)53/h32-33,42-48H,10-31H2,1-9H3,(H,49,51)(H,50,52). The molecule has 0 bridgehead atoms. The minimum absolute atomic E-state index is 0.148. The SMILES string of the molecule is CC(=O)NC(C)C(CCCCCCCC(=O)CCCCCCCCCCCCCCC(OC1OC(COC(C)=O)C(OC(C)=O)C(OC(C)=O)C1OC(C)=O)C(C)NC(C)=O)OC(C)=O. The molecule has 0 saturated carbocycles. The van der Waals surface area contributed by atoms with Crippen molar-refractivity contribution in [3.05, 3.63) is 0 Å². The van der Waals surface area contributed by atoms with E-state index in [0.29, 0.717) is 31.5 Å². The Bertz CT molecular complexity index is 1460. The van der Waals surface area contributed by atoms with Crippen LogP contribution in [0.4, 0.5) is 0 Å². The lowest BCUT2D eigenvalue weighted by Gasteiger charge is -2.45. The summed E-state index contributed by atoms with van der Waals surface area (Å²) in [5.41, 5.74) is 0. The summed E-state index contributed by atoms with van der Waals surface area (Å²) in [7, 11) is 0. The van der Waals surface area contributed by atoms with Gasteiger partial charge in [-0.2, -0.15) is 0 Å². The zero-order valence-electron chi connectivity index (χ0n) is 40.9. The molecule has 374 valence electrons. The second-order valence-electron chi connectivity index (χ2n) is 17.5. The summed E-state index contributed by atoms with van der Waals surface area (Å²) in [5, 5.41) is 5.66. The predicted octanol–water partition coefficient (Wildman–Crippen LogP) is 7.20. The molecule has 17 heteroatoms. The van der Waals surface area contributed by atoms with Crippen LogP contribution in [0.3, 0.4) is 0 Å². The third kappa shape index (κ3) is 28.5. The molecule has 65 heavy (non-hydrogen) atoms. The number of Topliss-reactive ketones (excluding diaryl/α,β-unsaturated/α-hetero) is 1. The molecule has 9 atom stereocenters. The zero-order chi connectivity index (χ0) is 48.7. The van der Waals surface area contributed by atoms with E-state index in [1.807, 2.05) is 6.92 Å². The number of rotatable bonds is 35. The predicted molar refractivity (Wildman–Crippen MR) is 241 cm³/mol. The molecular weight excluding hydrogens is 845 g/mol. The van der Waals surface area contributed by atoms with Gasteiger partial charge in [0.05, 0.1) is 18.2 Å². The lowest BCUT2D eigenvalue weighted by molar-refractivity contribution is -0.318. The minimum atomic E-state index is -1.36. The van der Waals surface area contributed by atoms with Gasteiger partial charge in [0.25, 0.3) is 0 Å². The summed E-state index contributed by atoms with van der Waals surface area (Å²) in [5.74, 6) is -3.24. The molecule has 1 aliphatic rings. The molecule has 0 spiro atoms. The maximum atomic E-state index is 12.4. The highest BCUT2D eigenvalue weighted by Gasteiger charge is 2.53. The van der Waals surface area contributed by atoms with Crippen molar-refractivity contribution >= 4 is 47.4 Å². The Hall–Kier alpha value is -4.12. The Kier molecular flexibility index (Phi) is 31.0. The Morgan fingerprint density at radius 3 is 1.26 bits per heavy atom. The first-order valence-electron chi connectivity index (χ1n) is 24.0. The smallest absolute Gasteiger partial charge is 0.303 e. The molecule has 1 aliphatic heterocycles. The van der Waals surface area contributed by atoms with E-state index in [9.17, 15) is 38.4 Å². The molecule has 1 heterocycles. The molecule has 2 amide bonds. The Morgan fingerprint density at radius 2 is 0.846 bits per heavy atom. The van der Waals surface area contributed by atoms with Crippen molar-refractivity contribution in [1.82, 2.24) is 10.6 Å². The third-order valence-corrected chi connectivity index (χ3v) is 11.2. The number of amides is 2. The van der Waals surface area contributed by atoms with Crippen molar-refractivity contribution in [3.63, 3.8) is 0 Å². The number of carbonyl (C=O) groups excluding carboxylic acids is 8. The molecule has 9 unspecified atom stereocenters. The van der Waals surface area contributed by atoms with Gasteiger partial charge in [-0.05, 0) is 46.0 Å². The molecule has 1 saturated heterocycles. The number of ether oxygens (including phenoxy) is 7. The number of esters is 5. The average Bonchev–Trinajstić information content (AvgIpc) is 3.19. The van der Waals surface area contributed by atoms with Crippen LogP contribution in [0.15, 0.2) is 0 Å². The van der Waals surface area contributed by atoms with Gasteiger partial charge in [0, 0.05) is 61.3 Å². The highest BCUT2D eigenvalue weighted by atomic mass is 16.7. The number of hydrogen-bond donors (Lipinski definition) is 2. The van der Waals surface area contributed by atoms with Crippen LogP contribution in [-0.4, -0.2) is 109 Å². The van der Waals surface area contributed by atoms with Gasteiger partial charge in [-0.15, -0.1) is 0 Å². The number of nitrogens with one attached hydrogen (secondary N) is 2. The van der Waals surface area contributed by atoms with E-state index in [1.165, 1.54) is 53.9 Å². The number of ketones is 1. The molecule has 0 aromatic rings. The van der Waals surface area contributed by atoms with Crippen LogP contribution < -0.4 is 10.6 Å². The Morgan fingerprint density at radius 1 is 0.462 bits per heavy atom. The summed E-state index contributed by atoms with van der Waals surface area (Å²) >= 11 is 0. The molecule has 0 aromatic heterocycles. The first kappa shape index (κ1) is 58.9. The quantitative estimate of drug-likeness (QED) is 0.0364. The fourth-order valence-corrected chi connectivity index (χ4v) is 8.12. The number of carbonyl (C=O) groups is 8. The average molecular weight is 927 g/mol. The van der Waals surface area contributed by atoms with Crippen LogP contribution in [0.25, 0.3) is 0 Å². The fraction of sp³-hybridized carbons (Fsp3) is 0.833. The second kappa shape index (κ2) is 34.2. The van der Waals surface area contributed by atoms with Gasteiger partial charge in [0.1, 0.15) is 24.6 Å². The summed E-state index contributed by atoms with van der Waals surface area (Å²) in [6.07, 6.45) is 12.7. The van der Waals surface area contributed by atoms with Gasteiger partial charge in [-0.3, -0.25) is 38.4 Å². The van der Waals surface area contributed by atoms with Crippen LogP contribution in [0, 0.1) is 0 Å². The highest BCUT2D eigenvalue weighted by Crippen LogP contribution is 2.32. The van der Waals surface area contributed by atoms with E-state index in [1.54, 1.807) is 6.92 Å². The summed E-state index contributed by atoms with van der Waals surface area (Å²) in [4.78, 5) is 95.6. The molecule has 1 rings (SSSR count). The van der Waals surface area contributed by atoms with E-state index in [-0.39, 0.29) is 36.5 Å². The highest BCUT2D eigenvalue weighted by molar-refractivity contribution is 5.78. The largest absolute Gasteiger partial charge is 0.463 e. The Balaban J connectivity index is 2.43. The lowest BCUT2D eigenvalue weighted by Crippen LogP contribution is -2.63. The fourth-order valence-electron chi connectivity index (χ4n) is 8.12. The van der Waals surface area contributed by atoms with Crippen molar-refractivity contribution in [2.75, 3.05) is 6.61 Å². The lowest BCUT2D eigenvalue weighted by atomic mass is 9.97. The van der Waals surface area contributed by atoms with E-state index in [4.69, 9.17) is 33.2 Å². The maximum Gasteiger partial charge on any atom is 0.303 e. The normalized spacial score (nSPS) is 20.0. The Labute approximate surface area is 387 Å². The van der Waals surface area contributed by atoms with Crippen molar-refractivity contribution in [2.24, 2.45) is 0 Å². The van der Waals surface area contributed by atoms with Crippen molar-refractivity contribution in [1.29, 1.82) is 0 Å². The first-order valence-corrected chi connectivity index (χ1v) is 24.0. The van der Waals surface area contributed by atoms with Gasteiger partial charge < -0.3 is 43.8 Å². The van der Waals surface area contributed by atoms with E-state index in [0.717, 1.165) is 104 Å². The topological polar surface area (TPSA) is 225 Å². The monoisotopic (exact) mass is 927 g/mol. The molecular formula is C48H82N2O15. The van der Waals surface area contributed by atoms with E-state index in [2.05, 4.69) is 10.6 Å². The van der Waals surface area contributed by atoms with Gasteiger partial charge in [0.2, 0.25) is 11.8 Å². The number of hydrogen-bond acceptors (Lipinski definition) is 15. The van der Waals surface area contributed by atoms with Gasteiger partial charge in [0.15, 0.2) is 24.6 Å². The zero-order valence-corrected chi connectivity index (χ0v) is 40.9. The summed E-state index contributed by atoms with van der Waals surface area (Å²) in [6.45, 7) is 12.2. The summed E-state index contributed by atoms with van der Waals surface area (Å²) < 4.78 is 39.7. The van der Waals surface area contributed by atoms with Gasteiger partial charge >= 0.3 is 29.8 Å². The molecule has 2 N–H and O–H groups in total. The number of unbranched alkanes of at least 4 members (excludes halogenated alkanes) is 15. The van der Waals surface area contributed by atoms with E-state index >= 15 is 0 Å². The van der Waals surface area contributed by atoms with Crippen LogP contribution in [0.2, 0.25) is 0 Å². The minimum Gasteiger partial charge on any atom is -0.463 e. The van der Waals surface area contributed by atoms with Crippen molar-refractivity contribution in [3.8, 4) is 0 Å². The maximum absolute atomic E-state index is 12.4. The van der Waals surface area contributed by atoms with Crippen LogP contribution >= 0.6 is 0 Å². The second-order valence-corrected chi connectivity index (χ2v) is 17.5. The molecule has 0 aliphatic carbocycles. The van der Waals surface area contributed by atoms with Crippen molar-refractivity contribution < 1.29 is 71.5 Å². The van der Waals surface area contributed by atoms with Crippen LogP contribution in [0.5, 0.6) is 0 Å². The molecule has 0 aromatic carbocycles. The summed E-state index contributed by atoms with van der Waals surface area (Å²) in [6, 6.07) is -0.716.